The van der Waals surface area contributed by atoms with E-state index in [2.05, 4.69) is 4.98 Å². The lowest BCUT2D eigenvalue weighted by molar-refractivity contribution is 0.0370. The van der Waals surface area contributed by atoms with E-state index in [0.717, 1.165) is 5.56 Å². The number of hydrogen-bond acceptors (Lipinski definition) is 4. The quantitative estimate of drug-likeness (QED) is 0.732. The molecule has 4 nitrogen and oxygen atoms in total. The van der Waals surface area contributed by atoms with E-state index in [-0.39, 0.29) is 6.10 Å². The highest BCUT2D eigenvalue weighted by Crippen LogP contribution is 2.04. The normalized spacial score (nSPS) is 10.3. The summed E-state index contributed by atoms with van der Waals surface area (Å²) in [4.78, 5) is 15.3. The van der Waals surface area contributed by atoms with E-state index in [4.69, 9.17) is 10.5 Å². The van der Waals surface area contributed by atoms with Crippen molar-refractivity contribution in [3.8, 4) is 0 Å². The molecule has 1 aromatic rings. The van der Waals surface area contributed by atoms with Gasteiger partial charge in [-0.25, -0.2) is 9.78 Å². The average molecular weight is 194 g/mol. The molecule has 0 radical (unpaired) electrons. The Kier molecular flexibility index (Phi) is 3.59. The summed E-state index contributed by atoms with van der Waals surface area (Å²) in [5.41, 5.74) is 6.62. The zero-order valence-corrected chi connectivity index (χ0v) is 8.36. The SMILES string of the molecule is CC(C)OC(=O)c1cc(CN)ccn1. The third-order valence-electron chi connectivity index (χ3n) is 1.61. The number of carbonyl (C=O) groups excluding carboxylic acids is 1. The van der Waals surface area contributed by atoms with Crippen molar-refractivity contribution < 1.29 is 9.53 Å². The van der Waals surface area contributed by atoms with Gasteiger partial charge >= 0.3 is 5.97 Å². The van der Waals surface area contributed by atoms with Crippen molar-refractivity contribution in [2.45, 2.75) is 26.5 Å². The maximum atomic E-state index is 11.4. The molecule has 0 amide bonds. The molecule has 0 bridgehead atoms. The second kappa shape index (κ2) is 4.72. The summed E-state index contributed by atoms with van der Waals surface area (Å²) in [5, 5.41) is 0. The van der Waals surface area contributed by atoms with Crippen LogP contribution < -0.4 is 5.73 Å². The Hall–Kier alpha value is -1.42. The number of carbonyl (C=O) groups is 1. The minimum atomic E-state index is -0.407. The number of rotatable bonds is 3. The van der Waals surface area contributed by atoms with Crippen LogP contribution in [0.3, 0.4) is 0 Å². The minimum Gasteiger partial charge on any atom is -0.458 e. The van der Waals surface area contributed by atoms with E-state index in [1.165, 1.54) is 0 Å². The number of nitrogens with zero attached hydrogens (tertiary/aromatic N) is 1. The molecule has 0 fully saturated rings. The van der Waals surface area contributed by atoms with E-state index >= 15 is 0 Å². The average Bonchev–Trinajstić information content (AvgIpc) is 2.17. The number of pyridine rings is 1. The second-order valence-electron chi connectivity index (χ2n) is 3.21. The molecule has 4 heteroatoms. The van der Waals surface area contributed by atoms with Crippen LogP contribution in [0.4, 0.5) is 0 Å². The highest BCUT2D eigenvalue weighted by atomic mass is 16.5. The van der Waals surface area contributed by atoms with Gasteiger partial charge in [-0.1, -0.05) is 0 Å². The topological polar surface area (TPSA) is 65.2 Å². The summed E-state index contributed by atoms with van der Waals surface area (Å²) in [6.45, 7) is 3.99. The molecule has 0 aliphatic carbocycles. The van der Waals surface area contributed by atoms with Gasteiger partial charge in [0, 0.05) is 12.7 Å². The molecular weight excluding hydrogens is 180 g/mol. The lowest BCUT2D eigenvalue weighted by Gasteiger charge is -2.07. The Bertz CT molecular complexity index is 324. The third-order valence-corrected chi connectivity index (χ3v) is 1.61. The van der Waals surface area contributed by atoms with Crippen LogP contribution in [0.1, 0.15) is 29.9 Å². The second-order valence-corrected chi connectivity index (χ2v) is 3.21. The van der Waals surface area contributed by atoms with Crippen LogP contribution in [-0.2, 0) is 11.3 Å². The molecule has 0 aliphatic heterocycles. The van der Waals surface area contributed by atoms with Gasteiger partial charge in [0.05, 0.1) is 6.10 Å². The highest BCUT2D eigenvalue weighted by molar-refractivity contribution is 5.87. The van der Waals surface area contributed by atoms with E-state index in [1.807, 2.05) is 0 Å². The Balaban J connectivity index is 2.79. The molecule has 0 aliphatic rings. The number of ether oxygens (including phenoxy) is 1. The van der Waals surface area contributed by atoms with E-state index in [0.29, 0.717) is 12.2 Å². The van der Waals surface area contributed by atoms with Gasteiger partial charge in [0.1, 0.15) is 5.69 Å². The smallest absolute Gasteiger partial charge is 0.357 e. The first kappa shape index (κ1) is 10.7. The molecule has 0 aromatic carbocycles. The van der Waals surface area contributed by atoms with Crippen molar-refractivity contribution in [1.29, 1.82) is 0 Å². The lowest BCUT2D eigenvalue weighted by Crippen LogP contribution is -2.13. The van der Waals surface area contributed by atoms with Gasteiger partial charge < -0.3 is 10.5 Å². The van der Waals surface area contributed by atoms with Gasteiger partial charge in [0.2, 0.25) is 0 Å². The minimum absolute atomic E-state index is 0.133. The lowest BCUT2D eigenvalue weighted by atomic mass is 10.2. The predicted molar refractivity (Wildman–Crippen MR) is 52.7 cm³/mol. The van der Waals surface area contributed by atoms with Crippen molar-refractivity contribution in [3.63, 3.8) is 0 Å². The molecule has 1 aromatic heterocycles. The van der Waals surface area contributed by atoms with Crippen LogP contribution >= 0.6 is 0 Å². The first-order valence-electron chi connectivity index (χ1n) is 4.49. The zero-order chi connectivity index (χ0) is 10.6. The molecule has 0 saturated heterocycles. The molecule has 2 N–H and O–H groups in total. The van der Waals surface area contributed by atoms with E-state index in [1.54, 1.807) is 32.2 Å². The molecular formula is C10H14N2O2. The van der Waals surface area contributed by atoms with Crippen LogP contribution in [0, 0.1) is 0 Å². The van der Waals surface area contributed by atoms with Crippen molar-refractivity contribution in [2.75, 3.05) is 0 Å². The molecule has 0 atom stereocenters. The van der Waals surface area contributed by atoms with Gasteiger partial charge in [-0.05, 0) is 31.5 Å². The highest BCUT2D eigenvalue weighted by Gasteiger charge is 2.10. The van der Waals surface area contributed by atoms with Crippen LogP contribution in [0.25, 0.3) is 0 Å². The fourth-order valence-electron chi connectivity index (χ4n) is 0.987. The van der Waals surface area contributed by atoms with E-state index in [9.17, 15) is 4.79 Å². The van der Waals surface area contributed by atoms with Gasteiger partial charge in [-0.3, -0.25) is 0 Å². The number of hydrogen-bond donors (Lipinski definition) is 1. The summed E-state index contributed by atoms with van der Waals surface area (Å²) >= 11 is 0. The number of aromatic nitrogens is 1. The Labute approximate surface area is 83.1 Å². The van der Waals surface area contributed by atoms with E-state index < -0.39 is 5.97 Å². The third kappa shape index (κ3) is 2.81. The molecule has 1 heterocycles. The van der Waals surface area contributed by atoms with Gasteiger partial charge in [0.25, 0.3) is 0 Å². The summed E-state index contributed by atoms with van der Waals surface area (Å²) in [6.07, 6.45) is 1.42. The first-order chi connectivity index (χ1) is 6.63. The molecule has 14 heavy (non-hydrogen) atoms. The fraction of sp³-hybridized carbons (Fsp3) is 0.400. The number of nitrogens with two attached hydrogens (primary N) is 1. The van der Waals surface area contributed by atoms with Crippen molar-refractivity contribution in [3.05, 3.63) is 29.6 Å². The van der Waals surface area contributed by atoms with Crippen molar-refractivity contribution in [2.24, 2.45) is 5.73 Å². The first-order valence-corrected chi connectivity index (χ1v) is 4.49. The van der Waals surface area contributed by atoms with Gasteiger partial charge in [0.15, 0.2) is 0 Å². The predicted octanol–water partition coefficient (Wildman–Crippen LogP) is 1.11. The van der Waals surface area contributed by atoms with Crippen LogP contribution in [0.5, 0.6) is 0 Å². The zero-order valence-electron chi connectivity index (χ0n) is 8.36. The van der Waals surface area contributed by atoms with Crippen molar-refractivity contribution in [1.82, 2.24) is 4.98 Å². The number of esters is 1. The Morgan fingerprint density at radius 2 is 2.36 bits per heavy atom. The maximum absolute atomic E-state index is 11.4. The standard InChI is InChI=1S/C10H14N2O2/c1-7(2)14-10(13)9-5-8(6-11)3-4-12-9/h3-5,7H,6,11H2,1-2H3. The summed E-state index contributed by atoms with van der Waals surface area (Å²) < 4.78 is 4.99. The Morgan fingerprint density at radius 1 is 1.64 bits per heavy atom. The van der Waals surface area contributed by atoms with Crippen molar-refractivity contribution >= 4 is 5.97 Å². The monoisotopic (exact) mass is 194 g/mol. The summed E-state index contributed by atoms with van der Waals surface area (Å²) in [7, 11) is 0. The molecule has 1 rings (SSSR count). The molecule has 0 saturated carbocycles. The maximum Gasteiger partial charge on any atom is 0.357 e. The molecule has 0 unspecified atom stereocenters. The fourth-order valence-corrected chi connectivity index (χ4v) is 0.987. The van der Waals surface area contributed by atoms with Crippen LogP contribution in [0.2, 0.25) is 0 Å². The molecule has 76 valence electrons. The largest absolute Gasteiger partial charge is 0.458 e. The Morgan fingerprint density at radius 3 is 2.93 bits per heavy atom. The summed E-state index contributed by atoms with van der Waals surface area (Å²) in [5.74, 6) is -0.407. The van der Waals surface area contributed by atoms with Gasteiger partial charge in [-0.2, -0.15) is 0 Å². The van der Waals surface area contributed by atoms with Crippen LogP contribution in [-0.4, -0.2) is 17.1 Å². The van der Waals surface area contributed by atoms with Gasteiger partial charge in [-0.15, -0.1) is 0 Å². The molecule has 0 spiro atoms. The van der Waals surface area contributed by atoms with Crippen LogP contribution in [0.15, 0.2) is 18.3 Å². The summed E-state index contributed by atoms with van der Waals surface area (Å²) in [6, 6.07) is 3.41.